The van der Waals surface area contributed by atoms with Gasteiger partial charge in [-0.2, -0.15) is 0 Å². The number of nitrogens with one attached hydrogen (secondary N) is 2. The van der Waals surface area contributed by atoms with Crippen molar-refractivity contribution < 1.29 is 14.3 Å². The van der Waals surface area contributed by atoms with Gasteiger partial charge in [-0.15, -0.1) is 0 Å². The van der Waals surface area contributed by atoms with Crippen molar-refractivity contribution >= 4 is 17.9 Å². The highest BCUT2D eigenvalue weighted by molar-refractivity contribution is 5.93. The van der Waals surface area contributed by atoms with Crippen LogP contribution in [0.4, 0.5) is 10.7 Å². The van der Waals surface area contributed by atoms with Gasteiger partial charge in [0.1, 0.15) is 0 Å². The van der Waals surface area contributed by atoms with E-state index in [1.807, 2.05) is 30.3 Å². The molecule has 0 atom stereocenters. The summed E-state index contributed by atoms with van der Waals surface area (Å²) in [7, 11) is 0. The van der Waals surface area contributed by atoms with Crippen LogP contribution in [0.3, 0.4) is 0 Å². The molecule has 8 heteroatoms. The zero-order valence-electron chi connectivity index (χ0n) is 15.9. The minimum atomic E-state index is -0.261. The molecule has 148 valence electrons. The molecule has 0 bridgehead atoms. The molecule has 0 unspecified atom stereocenters. The van der Waals surface area contributed by atoms with E-state index in [9.17, 15) is 9.59 Å². The first-order chi connectivity index (χ1) is 13.7. The topological polar surface area (TPSA) is 96.5 Å². The molecule has 2 N–H and O–H groups in total. The standard InChI is InChI=1S/C20H25N5O3/c1-2-28-20(27)25-10-8-17(9-11-25)24-19-22-13-16(14-23-19)18(26)21-12-15-6-4-3-5-7-15/h3-7,13-14,17H,2,8-12H2,1H3,(H,21,26)(H,22,23,24). The number of amides is 2. The third kappa shape index (κ3) is 5.42. The normalized spacial score (nSPS) is 14.4. The molecule has 0 spiro atoms. The fourth-order valence-electron chi connectivity index (χ4n) is 3.00. The highest BCUT2D eigenvalue weighted by atomic mass is 16.6. The maximum absolute atomic E-state index is 12.2. The van der Waals surface area contributed by atoms with E-state index < -0.39 is 0 Å². The highest BCUT2D eigenvalue weighted by Crippen LogP contribution is 2.15. The Morgan fingerprint density at radius 2 is 1.82 bits per heavy atom. The summed E-state index contributed by atoms with van der Waals surface area (Å²) in [6.45, 7) is 3.91. The smallest absolute Gasteiger partial charge is 0.409 e. The van der Waals surface area contributed by atoms with Crippen LogP contribution in [-0.2, 0) is 11.3 Å². The molecule has 1 aromatic heterocycles. The first kappa shape index (κ1) is 19.6. The van der Waals surface area contributed by atoms with Gasteiger partial charge in [0.25, 0.3) is 5.91 Å². The number of nitrogens with zero attached hydrogens (tertiary/aromatic N) is 3. The van der Waals surface area contributed by atoms with Crippen molar-refractivity contribution in [1.82, 2.24) is 20.2 Å². The number of ether oxygens (including phenoxy) is 1. The van der Waals surface area contributed by atoms with Crippen LogP contribution in [0.5, 0.6) is 0 Å². The average molecular weight is 383 g/mol. The second-order valence-corrected chi connectivity index (χ2v) is 6.57. The number of hydrogen-bond acceptors (Lipinski definition) is 6. The Bertz CT molecular complexity index is 774. The number of hydrogen-bond donors (Lipinski definition) is 2. The number of anilines is 1. The third-order valence-corrected chi connectivity index (χ3v) is 4.56. The monoisotopic (exact) mass is 383 g/mol. The van der Waals surface area contributed by atoms with Gasteiger partial charge in [-0.25, -0.2) is 14.8 Å². The molecular formula is C20H25N5O3. The number of likely N-dealkylation sites (tertiary alicyclic amines) is 1. The Hall–Kier alpha value is -3.16. The predicted octanol–water partition coefficient (Wildman–Crippen LogP) is 2.44. The molecule has 0 saturated carbocycles. The quantitative estimate of drug-likeness (QED) is 0.795. The summed E-state index contributed by atoms with van der Waals surface area (Å²) in [4.78, 5) is 34.1. The van der Waals surface area contributed by atoms with Crippen molar-refractivity contribution in [2.24, 2.45) is 0 Å². The Balaban J connectivity index is 1.45. The van der Waals surface area contributed by atoms with Crippen LogP contribution in [0.1, 0.15) is 35.7 Å². The number of carbonyl (C=O) groups excluding carboxylic acids is 2. The van der Waals surface area contributed by atoms with E-state index in [-0.39, 0.29) is 18.0 Å². The van der Waals surface area contributed by atoms with E-state index in [2.05, 4.69) is 20.6 Å². The van der Waals surface area contributed by atoms with Crippen LogP contribution in [0.2, 0.25) is 0 Å². The Morgan fingerprint density at radius 1 is 1.14 bits per heavy atom. The lowest BCUT2D eigenvalue weighted by molar-refractivity contribution is 0.0949. The number of carbonyl (C=O) groups is 2. The summed E-state index contributed by atoms with van der Waals surface area (Å²) in [6, 6.07) is 9.90. The molecule has 1 aromatic carbocycles. The molecule has 0 aliphatic carbocycles. The van der Waals surface area contributed by atoms with Crippen LogP contribution in [-0.4, -0.2) is 52.6 Å². The maximum Gasteiger partial charge on any atom is 0.409 e. The van der Waals surface area contributed by atoms with Crippen molar-refractivity contribution in [1.29, 1.82) is 0 Å². The highest BCUT2D eigenvalue weighted by Gasteiger charge is 2.23. The lowest BCUT2D eigenvalue weighted by Gasteiger charge is -2.31. The number of benzene rings is 1. The van der Waals surface area contributed by atoms with Gasteiger partial charge in [-0.1, -0.05) is 30.3 Å². The van der Waals surface area contributed by atoms with Crippen molar-refractivity contribution in [3.63, 3.8) is 0 Å². The van der Waals surface area contributed by atoms with Crippen LogP contribution in [0.25, 0.3) is 0 Å². The molecule has 3 rings (SSSR count). The molecular weight excluding hydrogens is 358 g/mol. The van der Waals surface area contributed by atoms with E-state index in [0.717, 1.165) is 18.4 Å². The Labute approximate surface area is 164 Å². The first-order valence-electron chi connectivity index (χ1n) is 9.48. The van der Waals surface area contributed by atoms with Crippen LogP contribution in [0.15, 0.2) is 42.7 Å². The summed E-state index contributed by atoms with van der Waals surface area (Å²) >= 11 is 0. The van der Waals surface area contributed by atoms with E-state index in [4.69, 9.17) is 4.74 Å². The zero-order chi connectivity index (χ0) is 19.8. The predicted molar refractivity (Wildman–Crippen MR) is 105 cm³/mol. The van der Waals surface area contributed by atoms with Gasteiger partial charge in [-0.05, 0) is 25.3 Å². The minimum absolute atomic E-state index is 0.184. The molecule has 1 fully saturated rings. The van der Waals surface area contributed by atoms with E-state index in [1.54, 1.807) is 11.8 Å². The third-order valence-electron chi connectivity index (χ3n) is 4.56. The number of rotatable bonds is 6. The van der Waals surface area contributed by atoms with E-state index in [0.29, 0.717) is 37.8 Å². The van der Waals surface area contributed by atoms with Gasteiger partial charge in [0.05, 0.1) is 12.2 Å². The lowest BCUT2D eigenvalue weighted by atomic mass is 10.1. The fraction of sp³-hybridized carbons (Fsp3) is 0.400. The molecule has 2 heterocycles. The van der Waals surface area contributed by atoms with E-state index in [1.165, 1.54) is 12.4 Å². The molecule has 2 aromatic rings. The summed E-state index contributed by atoms with van der Waals surface area (Å²) in [5.74, 6) is 0.271. The Morgan fingerprint density at radius 3 is 2.46 bits per heavy atom. The molecule has 1 aliphatic heterocycles. The lowest BCUT2D eigenvalue weighted by Crippen LogP contribution is -2.42. The summed E-state index contributed by atoms with van der Waals surface area (Å²) < 4.78 is 5.02. The maximum atomic E-state index is 12.2. The summed E-state index contributed by atoms with van der Waals surface area (Å²) in [5.41, 5.74) is 1.45. The summed E-state index contributed by atoms with van der Waals surface area (Å²) in [5, 5.41) is 6.12. The molecule has 28 heavy (non-hydrogen) atoms. The largest absolute Gasteiger partial charge is 0.450 e. The number of piperidine rings is 1. The molecule has 0 radical (unpaired) electrons. The zero-order valence-corrected chi connectivity index (χ0v) is 15.9. The van der Waals surface area contributed by atoms with Crippen LogP contribution >= 0.6 is 0 Å². The van der Waals surface area contributed by atoms with Gasteiger partial charge in [-0.3, -0.25) is 4.79 Å². The molecule has 2 amide bonds. The Kier molecular flexibility index (Phi) is 6.78. The number of aromatic nitrogens is 2. The fourth-order valence-corrected chi connectivity index (χ4v) is 3.00. The van der Waals surface area contributed by atoms with Crippen molar-refractivity contribution in [3.05, 3.63) is 53.9 Å². The second kappa shape index (κ2) is 9.68. The van der Waals surface area contributed by atoms with Gasteiger partial charge in [0.15, 0.2) is 0 Å². The van der Waals surface area contributed by atoms with Gasteiger partial charge < -0.3 is 20.3 Å². The molecule has 1 aliphatic rings. The second-order valence-electron chi connectivity index (χ2n) is 6.57. The van der Waals surface area contributed by atoms with E-state index >= 15 is 0 Å². The van der Waals surface area contributed by atoms with Gasteiger partial charge in [0, 0.05) is 38.1 Å². The minimum Gasteiger partial charge on any atom is -0.450 e. The summed E-state index contributed by atoms with van der Waals surface area (Å²) in [6.07, 6.45) is 4.36. The molecule has 8 nitrogen and oxygen atoms in total. The average Bonchev–Trinajstić information content (AvgIpc) is 2.74. The van der Waals surface area contributed by atoms with Gasteiger partial charge >= 0.3 is 6.09 Å². The van der Waals surface area contributed by atoms with Crippen molar-refractivity contribution in [3.8, 4) is 0 Å². The van der Waals surface area contributed by atoms with Crippen molar-refractivity contribution in [2.75, 3.05) is 25.0 Å². The van der Waals surface area contributed by atoms with Crippen LogP contribution in [0, 0.1) is 0 Å². The SMILES string of the molecule is CCOC(=O)N1CCC(Nc2ncc(C(=O)NCc3ccccc3)cn2)CC1. The van der Waals surface area contributed by atoms with Gasteiger partial charge in [0.2, 0.25) is 5.95 Å². The van der Waals surface area contributed by atoms with Crippen molar-refractivity contribution in [2.45, 2.75) is 32.4 Å². The van der Waals surface area contributed by atoms with Crippen LogP contribution < -0.4 is 10.6 Å². The molecule has 1 saturated heterocycles. The first-order valence-corrected chi connectivity index (χ1v) is 9.48.